The number of fused-ring (bicyclic) bond motifs is 4. The molecule has 2 heterocycles. The van der Waals surface area contributed by atoms with Gasteiger partial charge in [0.25, 0.3) is 0 Å². The van der Waals surface area contributed by atoms with E-state index in [0.717, 1.165) is 33.5 Å². The van der Waals surface area contributed by atoms with Gasteiger partial charge in [-0.3, -0.25) is 0 Å². The number of hydrogen-bond donors (Lipinski definition) is 0. The lowest BCUT2D eigenvalue weighted by atomic mass is 9.73. The molecule has 0 atom stereocenters. The summed E-state index contributed by atoms with van der Waals surface area (Å²) in [5, 5.41) is 2.58. The van der Waals surface area contributed by atoms with E-state index in [1.165, 1.54) is 45.0 Å². The Morgan fingerprint density at radius 1 is 0.533 bits per heavy atom. The molecule has 0 N–H and O–H groups in total. The zero-order chi connectivity index (χ0) is 31.7. The van der Waals surface area contributed by atoms with Gasteiger partial charge in [0, 0.05) is 67.1 Å². The Hall–Kier alpha value is -3.59. The van der Waals surface area contributed by atoms with Gasteiger partial charge in [0.1, 0.15) is 0 Å². The first-order chi connectivity index (χ1) is 21.5. The van der Waals surface area contributed by atoms with Crippen LogP contribution >= 0.6 is 23.1 Å². The van der Waals surface area contributed by atoms with Gasteiger partial charge in [-0.2, -0.15) is 0 Å². The SMILES string of the molecule is CCN1c2ccccc2C(C)(C)c2cc(P(=O)(c3ccc(Br)cc3)c3ccc4c(c3)C(C)(C)c3ccccc3N4CC)ccc21. The van der Waals surface area contributed by atoms with Gasteiger partial charge in [0.15, 0.2) is 7.14 Å². The van der Waals surface area contributed by atoms with Crippen LogP contribution < -0.4 is 25.7 Å². The van der Waals surface area contributed by atoms with Crippen LogP contribution in [-0.2, 0) is 15.4 Å². The molecule has 3 nitrogen and oxygen atoms in total. The molecular weight excluding hydrogens is 635 g/mol. The minimum atomic E-state index is -3.28. The summed E-state index contributed by atoms with van der Waals surface area (Å²) in [6, 6.07) is 38.6. The predicted molar refractivity (Wildman–Crippen MR) is 196 cm³/mol. The molecule has 0 unspecified atom stereocenters. The third kappa shape index (κ3) is 4.40. The fourth-order valence-electron chi connectivity index (χ4n) is 7.72. The van der Waals surface area contributed by atoms with Crippen molar-refractivity contribution in [3.63, 3.8) is 0 Å². The van der Waals surface area contributed by atoms with E-state index < -0.39 is 7.14 Å². The van der Waals surface area contributed by atoms with E-state index in [0.29, 0.717) is 0 Å². The Balaban J connectivity index is 1.47. The topological polar surface area (TPSA) is 23.6 Å². The maximum atomic E-state index is 16.1. The highest BCUT2D eigenvalue weighted by atomic mass is 79.9. The van der Waals surface area contributed by atoms with Crippen molar-refractivity contribution in [3.05, 3.63) is 136 Å². The lowest BCUT2D eigenvalue weighted by molar-refractivity contribution is 0.592. The van der Waals surface area contributed by atoms with E-state index >= 15 is 4.57 Å². The smallest absolute Gasteiger partial charge is 0.171 e. The summed E-state index contributed by atoms with van der Waals surface area (Å²) < 4.78 is 17.0. The molecule has 0 amide bonds. The number of nitrogens with zero attached hydrogens (tertiary/aromatic N) is 2. The molecular formula is C40H40BrN2OP. The first-order valence-corrected chi connectivity index (χ1v) is 18.4. The van der Waals surface area contributed by atoms with Gasteiger partial charge in [-0.25, -0.2) is 0 Å². The molecule has 45 heavy (non-hydrogen) atoms. The highest BCUT2D eigenvalue weighted by Crippen LogP contribution is 2.53. The number of rotatable bonds is 5. The van der Waals surface area contributed by atoms with Crippen LogP contribution in [0.15, 0.2) is 114 Å². The second-order valence-electron chi connectivity index (χ2n) is 13.3. The molecule has 0 radical (unpaired) electrons. The van der Waals surface area contributed by atoms with Crippen molar-refractivity contribution >= 4 is 61.7 Å². The summed E-state index contributed by atoms with van der Waals surface area (Å²) in [5.74, 6) is 0. The van der Waals surface area contributed by atoms with E-state index in [-0.39, 0.29) is 10.8 Å². The second kappa shape index (κ2) is 10.7. The van der Waals surface area contributed by atoms with Gasteiger partial charge in [-0.1, -0.05) is 80.0 Å². The third-order valence-corrected chi connectivity index (χ3v) is 13.7. The zero-order valence-electron chi connectivity index (χ0n) is 26.9. The van der Waals surface area contributed by atoms with Crippen LogP contribution in [0.3, 0.4) is 0 Å². The van der Waals surface area contributed by atoms with Gasteiger partial charge >= 0.3 is 0 Å². The number of halogens is 1. The van der Waals surface area contributed by atoms with Crippen molar-refractivity contribution in [1.82, 2.24) is 0 Å². The fraction of sp³-hybridized carbons (Fsp3) is 0.250. The quantitative estimate of drug-likeness (QED) is 0.173. The Kier molecular flexibility index (Phi) is 7.19. The van der Waals surface area contributed by atoms with Crippen molar-refractivity contribution in [2.75, 3.05) is 22.9 Å². The highest BCUT2D eigenvalue weighted by molar-refractivity contribution is 9.10. The molecule has 0 spiro atoms. The lowest BCUT2D eigenvalue weighted by Gasteiger charge is -2.42. The standard InChI is InChI=1S/C40H40BrN2OP/c1-7-42-35-15-11-9-13-31(35)39(3,4)33-25-29(21-23-37(33)42)45(44,28-19-17-27(41)18-20-28)30-22-24-38-34(26-30)40(5,6)32-14-10-12-16-36(32)43(38)8-2/h9-26H,7-8H2,1-6H3. The summed E-state index contributed by atoms with van der Waals surface area (Å²) >= 11 is 3.61. The first-order valence-electron chi connectivity index (χ1n) is 15.9. The zero-order valence-corrected chi connectivity index (χ0v) is 29.4. The highest BCUT2D eigenvalue weighted by Gasteiger charge is 2.41. The lowest BCUT2D eigenvalue weighted by Crippen LogP contribution is -2.36. The molecule has 0 aliphatic carbocycles. The molecule has 5 heteroatoms. The predicted octanol–water partition coefficient (Wildman–Crippen LogP) is 9.68. The molecule has 5 aromatic rings. The van der Waals surface area contributed by atoms with E-state index in [1.54, 1.807) is 0 Å². The van der Waals surface area contributed by atoms with Crippen LogP contribution in [0.5, 0.6) is 0 Å². The minimum Gasteiger partial charge on any atom is -0.341 e. The molecule has 0 saturated carbocycles. The largest absolute Gasteiger partial charge is 0.341 e. The molecule has 0 fully saturated rings. The van der Waals surface area contributed by atoms with Crippen LogP contribution in [0.4, 0.5) is 22.7 Å². The molecule has 2 aliphatic rings. The van der Waals surface area contributed by atoms with Crippen molar-refractivity contribution in [1.29, 1.82) is 0 Å². The Bertz CT molecular complexity index is 1880. The van der Waals surface area contributed by atoms with Crippen LogP contribution in [0.1, 0.15) is 63.8 Å². The van der Waals surface area contributed by atoms with Crippen molar-refractivity contribution in [2.24, 2.45) is 0 Å². The van der Waals surface area contributed by atoms with Crippen LogP contribution in [-0.4, -0.2) is 13.1 Å². The second-order valence-corrected chi connectivity index (χ2v) is 16.9. The summed E-state index contributed by atoms with van der Waals surface area (Å²) in [6.07, 6.45) is 0. The van der Waals surface area contributed by atoms with Gasteiger partial charge in [0.05, 0.1) is 0 Å². The van der Waals surface area contributed by atoms with Gasteiger partial charge in [0.2, 0.25) is 0 Å². The molecule has 228 valence electrons. The number of hydrogen-bond acceptors (Lipinski definition) is 3. The molecule has 5 aromatic carbocycles. The summed E-state index contributed by atoms with van der Waals surface area (Å²) in [4.78, 5) is 4.78. The van der Waals surface area contributed by atoms with E-state index in [9.17, 15) is 0 Å². The van der Waals surface area contributed by atoms with Crippen LogP contribution in [0.25, 0.3) is 0 Å². The van der Waals surface area contributed by atoms with Crippen LogP contribution in [0.2, 0.25) is 0 Å². The van der Waals surface area contributed by atoms with E-state index in [1.807, 2.05) is 24.3 Å². The van der Waals surface area contributed by atoms with Gasteiger partial charge < -0.3 is 14.4 Å². The molecule has 0 aromatic heterocycles. The summed E-state index contributed by atoms with van der Waals surface area (Å²) in [6.45, 7) is 15.3. The molecule has 2 aliphatic heterocycles. The van der Waals surface area contributed by atoms with E-state index in [4.69, 9.17) is 0 Å². The van der Waals surface area contributed by atoms with Crippen molar-refractivity contribution < 1.29 is 4.57 Å². The average Bonchev–Trinajstić information content (AvgIpc) is 3.05. The van der Waals surface area contributed by atoms with E-state index in [2.05, 4.69) is 152 Å². The van der Waals surface area contributed by atoms with Crippen molar-refractivity contribution in [2.45, 2.75) is 52.4 Å². The molecule has 0 bridgehead atoms. The number of anilines is 4. The fourth-order valence-corrected chi connectivity index (χ4v) is 10.6. The Labute approximate surface area is 276 Å². The Morgan fingerprint density at radius 2 is 0.911 bits per heavy atom. The minimum absolute atomic E-state index is 0.249. The van der Waals surface area contributed by atoms with Gasteiger partial charge in [-0.15, -0.1) is 0 Å². The summed E-state index contributed by atoms with van der Waals surface area (Å²) in [5.41, 5.74) is 9.39. The van der Waals surface area contributed by atoms with Gasteiger partial charge in [-0.05, 0) is 109 Å². The normalized spacial score (nSPS) is 16.0. The Morgan fingerprint density at radius 3 is 1.33 bits per heavy atom. The van der Waals surface area contributed by atoms with Crippen LogP contribution in [0, 0.1) is 0 Å². The average molecular weight is 676 g/mol. The first kappa shape index (κ1) is 30.1. The third-order valence-electron chi connectivity index (χ3n) is 10.2. The number of benzene rings is 5. The monoisotopic (exact) mass is 674 g/mol. The maximum Gasteiger partial charge on any atom is 0.171 e. The molecule has 7 rings (SSSR count). The summed E-state index contributed by atoms with van der Waals surface area (Å²) in [7, 11) is -3.28. The maximum absolute atomic E-state index is 16.1. The van der Waals surface area contributed by atoms with Crippen molar-refractivity contribution in [3.8, 4) is 0 Å². The molecule has 0 saturated heterocycles. The number of para-hydroxylation sites is 2.